The molecule has 0 bridgehead atoms. The highest BCUT2D eigenvalue weighted by molar-refractivity contribution is 5.20. The average molecular weight is 277 g/mol. The summed E-state index contributed by atoms with van der Waals surface area (Å²) in [7, 11) is 0. The topological polar surface area (TPSA) is 81.2 Å². The third-order valence-corrected chi connectivity index (χ3v) is 2.52. The molecule has 0 fully saturated rings. The summed E-state index contributed by atoms with van der Waals surface area (Å²) < 4.78 is 37.7. The maximum absolute atomic E-state index is 12.6. The zero-order valence-electron chi connectivity index (χ0n) is 9.98. The molecule has 106 valence electrons. The van der Waals surface area contributed by atoms with E-state index >= 15 is 0 Å². The van der Waals surface area contributed by atoms with Crippen molar-refractivity contribution in [2.24, 2.45) is 5.73 Å². The fourth-order valence-electron chi connectivity index (χ4n) is 1.52. The maximum Gasteiger partial charge on any atom is 0.409 e. The first kappa shape index (κ1) is 15.2. The number of nitrogens with one attached hydrogen (secondary N) is 1. The number of allylic oxidation sites excluding steroid dienone is 4. The molecule has 1 rings (SSSR count). The van der Waals surface area contributed by atoms with Gasteiger partial charge in [-0.3, -0.25) is 10.1 Å². The summed E-state index contributed by atoms with van der Waals surface area (Å²) in [5.74, 6) is 0. The van der Waals surface area contributed by atoms with Crippen molar-refractivity contribution in [3.8, 4) is 0 Å². The highest BCUT2D eigenvalue weighted by Gasteiger charge is 2.38. The second-order valence-corrected chi connectivity index (χ2v) is 3.93. The molecule has 0 aromatic heterocycles. The Hall–Kier alpha value is -1.83. The number of rotatable bonds is 4. The van der Waals surface area contributed by atoms with Gasteiger partial charge in [-0.1, -0.05) is 12.2 Å². The van der Waals surface area contributed by atoms with Crippen LogP contribution in [0.25, 0.3) is 0 Å². The molecule has 5 nitrogen and oxygen atoms in total. The van der Waals surface area contributed by atoms with Gasteiger partial charge >= 0.3 is 6.18 Å². The summed E-state index contributed by atoms with van der Waals surface area (Å²) in [5.41, 5.74) is 5.21. The highest BCUT2D eigenvalue weighted by atomic mass is 19.4. The van der Waals surface area contributed by atoms with Gasteiger partial charge in [-0.15, -0.1) is 0 Å². The van der Waals surface area contributed by atoms with Crippen LogP contribution in [0.4, 0.5) is 13.2 Å². The molecule has 0 aromatic carbocycles. The number of halogens is 3. The predicted octanol–water partition coefficient (Wildman–Crippen LogP) is 1.86. The summed E-state index contributed by atoms with van der Waals surface area (Å²) in [6.45, 7) is -0.595. The first-order valence-electron chi connectivity index (χ1n) is 5.58. The zero-order chi connectivity index (χ0) is 14.5. The Kier molecular flexibility index (Phi) is 5.11. The molecule has 1 aliphatic carbocycles. The van der Waals surface area contributed by atoms with Crippen LogP contribution in [-0.4, -0.2) is 23.7 Å². The zero-order valence-corrected chi connectivity index (χ0v) is 9.98. The number of hydrogen-bond acceptors (Lipinski definition) is 4. The molecule has 0 amide bonds. The molecular weight excluding hydrogens is 263 g/mol. The van der Waals surface area contributed by atoms with Crippen molar-refractivity contribution in [3.63, 3.8) is 0 Å². The van der Waals surface area contributed by atoms with Crippen LogP contribution in [0, 0.1) is 10.1 Å². The van der Waals surface area contributed by atoms with E-state index in [0.717, 1.165) is 0 Å². The Morgan fingerprint density at radius 3 is 2.68 bits per heavy atom. The van der Waals surface area contributed by atoms with E-state index in [-0.39, 0.29) is 17.8 Å². The Labute approximate surface area is 107 Å². The second kappa shape index (κ2) is 6.37. The number of nitrogens with zero attached hydrogens (tertiary/aromatic N) is 1. The van der Waals surface area contributed by atoms with Crippen LogP contribution in [0.5, 0.6) is 0 Å². The molecule has 19 heavy (non-hydrogen) atoms. The lowest BCUT2D eigenvalue weighted by atomic mass is 10.1. The first-order valence-corrected chi connectivity index (χ1v) is 5.58. The van der Waals surface area contributed by atoms with Crippen molar-refractivity contribution < 1.29 is 18.1 Å². The van der Waals surface area contributed by atoms with E-state index in [4.69, 9.17) is 5.73 Å². The van der Waals surface area contributed by atoms with Gasteiger partial charge in [0.1, 0.15) is 6.04 Å². The summed E-state index contributed by atoms with van der Waals surface area (Å²) in [4.78, 5) is 10.0. The van der Waals surface area contributed by atoms with Gasteiger partial charge in [0.2, 0.25) is 0 Å². The molecule has 0 radical (unpaired) electrons. The minimum absolute atomic E-state index is 0.0350. The fourth-order valence-corrected chi connectivity index (χ4v) is 1.52. The van der Waals surface area contributed by atoms with Crippen molar-refractivity contribution in [2.45, 2.75) is 25.1 Å². The third kappa shape index (κ3) is 4.74. The standard InChI is InChI=1S/C11H14F3N3O2/c12-11(13,14)10(7-15)16-8-3-1-2-4-9(6-5-8)17(18)19/h2-4,6,10,16H,1,5,7,15H2/b4-2-,8-3+,9-6?. The molecule has 8 heteroatoms. The SMILES string of the molecule is NCC(N/C1=C/C/C=C\C([N+](=O)[O-])=CC1)C(F)(F)F. The number of nitrogens with two attached hydrogens (primary N) is 1. The van der Waals surface area contributed by atoms with E-state index in [2.05, 4.69) is 5.32 Å². The molecule has 0 heterocycles. The van der Waals surface area contributed by atoms with E-state index in [1.54, 1.807) is 6.08 Å². The van der Waals surface area contributed by atoms with Gasteiger partial charge in [-0.05, 0) is 12.5 Å². The van der Waals surface area contributed by atoms with E-state index in [1.165, 1.54) is 18.2 Å². The van der Waals surface area contributed by atoms with Crippen molar-refractivity contribution in [2.75, 3.05) is 6.54 Å². The summed E-state index contributed by atoms with van der Waals surface area (Å²) >= 11 is 0. The van der Waals surface area contributed by atoms with Crippen LogP contribution in [0.3, 0.4) is 0 Å². The molecule has 0 aromatic rings. The molecule has 0 saturated carbocycles. The summed E-state index contributed by atoms with van der Waals surface area (Å²) in [5, 5.41) is 12.9. The van der Waals surface area contributed by atoms with Crippen LogP contribution in [0.2, 0.25) is 0 Å². The van der Waals surface area contributed by atoms with Gasteiger partial charge in [-0.2, -0.15) is 13.2 Å². The largest absolute Gasteiger partial charge is 0.409 e. The van der Waals surface area contributed by atoms with Crippen LogP contribution in [0.15, 0.2) is 35.7 Å². The first-order chi connectivity index (χ1) is 8.84. The number of nitro groups is 1. The lowest BCUT2D eigenvalue weighted by Gasteiger charge is -2.22. The van der Waals surface area contributed by atoms with E-state index in [1.807, 2.05) is 0 Å². The average Bonchev–Trinajstić information content (AvgIpc) is 2.25. The maximum atomic E-state index is 12.6. The number of hydrogen-bond donors (Lipinski definition) is 2. The molecule has 3 N–H and O–H groups in total. The van der Waals surface area contributed by atoms with Gasteiger partial charge in [0, 0.05) is 24.7 Å². The van der Waals surface area contributed by atoms with Crippen molar-refractivity contribution in [1.82, 2.24) is 5.32 Å². The molecule has 1 aliphatic rings. The van der Waals surface area contributed by atoms with Crippen molar-refractivity contribution in [3.05, 3.63) is 45.8 Å². The molecule has 1 unspecified atom stereocenters. The number of alkyl halides is 3. The van der Waals surface area contributed by atoms with Gasteiger partial charge in [0.25, 0.3) is 5.70 Å². The summed E-state index contributed by atoms with van der Waals surface area (Å²) in [6.07, 6.45) is 1.56. The molecule has 1 atom stereocenters. The van der Waals surface area contributed by atoms with Gasteiger partial charge in [-0.25, -0.2) is 0 Å². The van der Waals surface area contributed by atoms with Gasteiger partial charge in [0.15, 0.2) is 0 Å². The van der Waals surface area contributed by atoms with Gasteiger partial charge < -0.3 is 11.1 Å². The molecular formula is C11H14F3N3O2. The smallest absolute Gasteiger partial charge is 0.376 e. The predicted molar refractivity (Wildman–Crippen MR) is 63.6 cm³/mol. The Bertz CT molecular complexity index is 427. The van der Waals surface area contributed by atoms with Crippen molar-refractivity contribution in [1.29, 1.82) is 0 Å². The lowest BCUT2D eigenvalue weighted by molar-refractivity contribution is -0.419. The van der Waals surface area contributed by atoms with Crippen LogP contribution in [-0.2, 0) is 0 Å². The fraction of sp³-hybridized carbons (Fsp3) is 0.455. The minimum Gasteiger partial charge on any atom is -0.376 e. The van der Waals surface area contributed by atoms with E-state index in [9.17, 15) is 23.3 Å². The molecule has 0 spiro atoms. The Balaban J connectivity index is 2.79. The normalized spacial score (nSPS) is 22.3. The molecule has 0 aliphatic heterocycles. The van der Waals surface area contributed by atoms with Crippen LogP contribution < -0.4 is 11.1 Å². The quantitative estimate of drug-likeness (QED) is 0.607. The Morgan fingerprint density at radius 1 is 1.47 bits per heavy atom. The molecule has 0 saturated heterocycles. The lowest BCUT2D eigenvalue weighted by Crippen LogP contribution is -2.47. The van der Waals surface area contributed by atoms with Gasteiger partial charge in [0.05, 0.1) is 4.92 Å². The monoisotopic (exact) mass is 277 g/mol. The van der Waals surface area contributed by atoms with E-state index in [0.29, 0.717) is 6.42 Å². The Morgan fingerprint density at radius 2 is 2.16 bits per heavy atom. The van der Waals surface area contributed by atoms with Crippen molar-refractivity contribution >= 4 is 0 Å². The minimum atomic E-state index is -4.45. The third-order valence-electron chi connectivity index (χ3n) is 2.52. The van der Waals surface area contributed by atoms with E-state index < -0.39 is 23.7 Å². The highest BCUT2D eigenvalue weighted by Crippen LogP contribution is 2.21. The summed E-state index contributed by atoms with van der Waals surface area (Å²) in [6, 6.07) is -1.85. The second-order valence-electron chi connectivity index (χ2n) is 3.93. The van der Waals surface area contributed by atoms with Crippen LogP contribution >= 0.6 is 0 Å². The van der Waals surface area contributed by atoms with Crippen LogP contribution in [0.1, 0.15) is 12.8 Å².